The smallest absolute Gasteiger partial charge is 0.340 e. The molecule has 0 unspecified atom stereocenters. The van der Waals surface area contributed by atoms with Gasteiger partial charge in [0.25, 0.3) is 11.8 Å². The van der Waals surface area contributed by atoms with Crippen LogP contribution < -0.4 is 0 Å². The number of rotatable bonds is 5. The topological polar surface area (TPSA) is 68.6 Å². The molecule has 2 heterocycles. The average molecular weight is 354 g/mol. The van der Waals surface area contributed by atoms with Crippen LogP contribution in [0.1, 0.15) is 62.4 Å². The fourth-order valence-corrected chi connectivity index (χ4v) is 3.53. The van der Waals surface area contributed by atoms with Crippen LogP contribution in [0, 0.1) is 13.8 Å². The standard InChI is InChI=1S/C20H22N2O4/c1-12(2)22-13(3)11-17(14(22)4)20(25)26-10-9-21-18(23)15-7-5-6-8-16(15)19(21)24/h5-8,11-12H,9-10H2,1-4H3. The first-order chi connectivity index (χ1) is 12.3. The number of ether oxygens (including phenoxy) is 1. The molecule has 0 aliphatic carbocycles. The van der Waals surface area contributed by atoms with Crippen LogP contribution in [0.4, 0.5) is 0 Å². The van der Waals surface area contributed by atoms with E-state index >= 15 is 0 Å². The monoisotopic (exact) mass is 354 g/mol. The van der Waals surface area contributed by atoms with E-state index in [9.17, 15) is 14.4 Å². The number of aromatic nitrogens is 1. The summed E-state index contributed by atoms with van der Waals surface area (Å²) in [6, 6.07) is 8.75. The van der Waals surface area contributed by atoms with E-state index in [-0.39, 0.29) is 31.0 Å². The van der Waals surface area contributed by atoms with E-state index in [1.165, 1.54) is 0 Å². The first-order valence-corrected chi connectivity index (χ1v) is 8.63. The summed E-state index contributed by atoms with van der Waals surface area (Å²) >= 11 is 0. The van der Waals surface area contributed by atoms with Crippen molar-refractivity contribution in [3.8, 4) is 0 Å². The molecule has 1 aliphatic rings. The first kappa shape index (κ1) is 17.9. The van der Waals surface area contributed by atoms with Crippen LogP contribution >= 0.6 is 0 Å². The molecule has 2 aromatic rings. The van der Waals surface area contributed by atoms with E-state index < -0.39 is 5.97 Å². The van der Waals surface area contributed by atoms with E-state index in [2.05, 4.69) is 18.4 Å². The van der Waals surface area contributed by atoms with Gasteiger partial charge in [-0.25, -0.2) is 4.79 Å². The Hall–Kier alpha value is -2.89. The highest BCUT2D eigenvalue weighted by Crippen LogP contribution is 2.23. The minimum atomic E-state index is -0.443. The number of amides is 2. The zero-order chi connectivity index (χ0) is 19.0. The molecule has 0 N–H and O–H groups in total. The van der Waals surface area contributed by atoms with Crippen LogP contribution in [0.25, 0.3) is 0 Å². The number of hydrogen-bond donors (Lipinski definition) is 0. The van der Waals surface area contributed by atoms with E-state index in [1.54, 1.807) is 30.3 Å². The summed E-state index contributed by atoms with van der Waals surface area (Å²) < 4.78 is 7.39. The van der Waals surface area contributed by atoms with Gasteiger partial charge in [0.1, 0.15) is 6.61 Å². The summed E-state index contributed by atoms with van der Waals surface area (Å²) in [4.78, 5) is 38.1. The van der Waals surface area contributed by atoms with Crippen molar-refractivity contribution in [3.63, 3.8) is 0 Å². The lowest BCUT2D eigenvalue weighted by Gasteiger charge is -2.15. The Labute approximate surface area is 152 Å². The molecule has 6 nitrogen and oxygen atoms in total. The second-order valence-corrected chi connectivity index (χ2v) is 6.69. The van der Waals surface area contributed by atoms with Crippen LogP contribution in [0.3, 0.4) is 0 Å². The number of nitrogens with zero attached hydrogens (tertiary/aromatic N) is 2. The molecular weight excluding hydrogens is 332 g/mol. The average Bonchev–Trinajstić information content (AvgIpc) is 3.03. The number of aryl methyl sites for hydroxylation is 1. The van der Waals surface area contributed by atoms with Crippen LogP contribution in [-0.2, 0) is 4.74 Å². The Morgan fingerprint density at radius 2 is 1.65 bits per heavy atom. The number of imide groups is 1. The van der Waals surface area contributed by atoms with Crippen LogP contribution in [0.2, 0.25) is 0 Å². The molecule has 0 radical (unpaired) electrons. The second kappa shape index (κ2) is 6.78. The molecular formula is C20H22N2O4. The minimum absolute atomic E-state index is 0.0321. The van der Waals surface area contributed by atoms with Crippen molar-refractivity contribution in [2.45, 2.75) is 33.7 Å². The fourth-order valence-electron chi connectivity index (χ4n) is 3.53. The number of hydrogen-bond acceptors (Lipinski definition) is 4. The third-order valence-corrected chi connectivity index (χ3v) is 4.65. The number of esters is 1. The van der Waals surface area contributed by atoms with E-state index in [1.807, 2.05) is 13.8 Å². The number of carbonyl (C=O) groups is 3. The summed E-state index contributed by atoms with van der Waals surface area (Å²) in [5.41, 5.74) is 3.14. The summed E-state index contributed by atoms with van der Waals surface area (Å²) in [6.07, 6.45) is 0. The molecule has 1 aromatic heterocycles. The first-order valence-electron chi connectivity index (χ1n) is 8.63. The van der Waals surface area contributed by atoms with Gasteiger partial charge in [0.05, 0.1) is 23.2 Å². The van der Waals surface area contributed by atoms with Crippen molar-refractivity contribution < 1.29 is 19.1 Å². The molecule has 1 aliphatic heterocycles. The van der Waals surface area contributed by atoms with Gasteiger partial charge in [-0.15, -0.1) is 0 Å². The lowest BCUT2D eigenvalue weighted by molar-refractivity contribution is 0.0419. The fraction of sp³-hybridized carbons (Fsp3) is 0.350. The third-order valence-electron chi connectivity index (χ3n) is 4.65. The maximum Gasteiger partial charge on any atom is 0.340 e. The quantitative estimate of drug-likeness (QED) is 0.611. The molecule has 0 saturated heterocycles. The van der Waals surface area contributed by atoms with Gasteiger partial charge in [-0.3, -0.25) is 14.5 Å². The van der Waals surface area contributed by atoms with Crippen molar-refractivity contribution >= 4 is 17.8 Å². The molecule has 0 spiro atoms. The van der Waals surface area contributed by atoms with Crippen molar-refractivity contribution in [2.75, 3.05) is 13.2 Å². The molecule has 3 rings (SSSR count). The summed E-state index contributed by atoms with van der Waals surface area (Å²) in [5, 5.41) is 0. The zero-order valence-corrected chi connectivity index (χ0v) is 15.4. The Bertz CT molecular complexity index is 860. The van der Waals surface area contributed by atoms with Gasteiger partial charge in [-0.2, -0.15) is 0 Å². The van der Waals surface area contributed by atoms with Crippen LogP contribution in [0.15, 0.2) is 30.3 Å². The molecule has 6 heteroatoms. The van der Waals surface area contributed by atoms with Gasteiger partial charge in [-0.05, 0) is 45.9 Å². The second-order valence-electron chi connectivity index (χ2n) is 6.69. The molecule has 26 heavy (non-hydrogen) atoms. The lowest BCUT2D eigenvalue weighted by atomic mass is 10.1. The molecule has 136 valence electrons. The summed E-state index contributed by atoms with van der Waals surface area (Å²) in [7, 11) is 0. The van der Waals surface area contributed by atoms with Gasteiger partial charge >= 0.3 is 5.97 Å². The van der Waals surface area contributed by atoms with Gasteiger partial charge in [0, 0.05) is 17.4 Å². The van der Waals surface area contributed by atoms with Crippen molar-refractivity contribution in [2.24, 2.45) is 0 Å². The third kappa shape index (κ3) is 2.92. The normalized spacial score (nSPS) is 13.5. The molecule has 0 bridgehead atoms. The van der Waals surface area contributed by atoms with Gasteiger partial charge in [0.2, 0.25) is 0 Å². The number of fused-ring (bicyclic) bond motifs is 1. The van der Waals surface area contributed by atoms with Crippen LogP contribution in [-0.4, -0.2) is 40.4 Å². The van der Waals surface area contributed by atoms with Gasteiger partial charge in [0.15, 0.2) is 0 Å². The van der Waals surface area contributed by atoms with E-state index in [0.717, 1.165) is 16.3 Å². The molecule has 0 fully saturated rings. The van der Waals surface area contributed by atoms with Gasteiger partial charge in [-0.1, -0.05) is 12.1 Å². The Morgan fingerprint density at radius 1 is 1.08 bits per heavy atom. The Balaban J connectivity index is 1.65. The highest BCUT2D eigenvalue weighted by atomic mass is 16.5. The SMILES string of the molecule is Cc1cc(C(=O)OCCN2C(=O)c3ccccc3C2=O)c(C)n1C(C)C. The summed E-state index contributed by atoms with van der Waals surface area (Å²) in [5.74, 6) is -1.14. The largest absolute Gasteiger partial charge is 0.460 e. The van der Waals surface area contributed by atoms with Crippen molar-refractivity contribution in [1.82, 2.24) is 9.47 Å². The zero-order valence-electron chi connectivity index (χ0n) is 15.4. The lowest BCUT2D eigenvalue weighted by Crippen LogP contribution is -2.33. The molecule has 2 amide bonds. The minimum Gasteiger partial charge on any atom is -0.460 e. The molecule has 1 aromatic carbocycles. The van der Waals surface area contributed by atoms with E-state index in [0.29, 0.717) is 16.7 Å². The highest BCUT2D eigenvalue weighted by molar-refractivity contribution is 6.21. The van der Waals surface area contributed by atoms with E-state index in [4.69, 9.17) is 4.74 Å². The number of benzene rings is 1. The predicted molar refractivity (Wildman–Crippen MR) is 96.4 cm³/mol. The number of carbonyl (C=O) groups excluding carboxylic acids is 3. The Morgan fingerprint density at radius 3 is 2.15 bits per heavy atom. The predicted octanol–water partition coefficient (Wildman–Crippen LogP) is 3.14. The highest BCUT2D eigenvalue weighted by Gasteiger charge is 2.34. The van der Waals surface area contributed by atoms with Crippen LogP contribution in [0.5, 0.6) is 0 Å². The van der Waals surface area contributed by atoms with Gasteiger partial charge < -0.3 is 9.30 Å². The Kier molecular flexibility index (Phi) is 4.68. The maximum absolute atomic E-state index is 12.4. The molecule has 0 saturated carbocycles. The molecule has 0 atom stereocenters. The van der Waals surface area contributed by atoms with Crippen molar-refractivity contribution in [3.05, 3.63) is 58.4 Å². The van der Waals surface area contributed by atoms with Crippen molar-refractivity contribution in [1.29, 1.82) is 0 Å². The maximum atomic E-state index is 12.4. The summed E-state index contributed by atoms with van der Waals surface area (Å²) in [6.45, 7) is 7.95.